The highest BCUT2D eigenvalue weighted by Crippen LogP contribution is 2.38. The number of anilines is 1. The van der Waals surface area contributed by atoms with Crippen molar-refractivity contribution >= 4 is 34.3 Å². The molecule has 0 unspecified atom stereocenters. The number of thiazole rings is 1. The van der Waals surface area contributed by atoms with Crippen molar-refractivity contribution in [3.63, 3.8) is 0 Å². The summed E-state index contributed by atoms with van der Waals surface area (Å²) in [5.74, 6) is -0.187. The van der Waals surface area contributed by atoms with Gasteiger partial charge in [-0.15, -0.1) is 0 Å². The van der Waals surface area contributed by atoms with Crippen molar-refractivity contribution in [3.8, 4) is 11.5 Å². The fourth-order valence-electron chi connectivity index (χ4n) is 2.15. The van der Waals surface area contributed by atoms with Gasteiger partial charge in [0.25, 0.3) is 0 Å². The average Bonchev–Trinajstić information content (AvgIpc) is 3.02. The molecule has 0 atom stereocenters. The van der Waals surface area contributed by atoms with Gasteiger partial charge in [-0.2, -0.15) is 5.10 Å². The van der Waals surface area contributed by atoms with Crippen LogP contribution >= 0.6 is 11.3 Å². The normalized spacial score (nSPS) is 10.7. The van der Waals surface area contributed by atoms with Crippen LogP contribution in [-0.2, 0) is 4.74 Å². The molecule has 0 bridgehead atoms. The molecule has 27 heavy (non-hydrogen) atoms. The van der Waals surface area contributed by atoms with Crippen LogP contribution in [0.1, 0.15) is 27.9 Å². The highest BCUT2D eigenvalue weighted by molar-refractivity contribution is 7.17. The number of carbonyl (C=O) groups excluding carboxylic acids is 1. The Kier molecular flexibility index (Phi) is 6.66. The number of esters is 1. The molecule has 0 saturated heterocycles. The van der Waals surface area contributed by atoms with Gasteiger partial charge in [0.2, 0.25) is 10.9 Å². The number of hydrazone groups is 1. The predicted molar refractivity (Wildman–Crippen MR) is 100 cm³/mol. The van der Waals surface area contributed by atoms with E-state index in [1.54, 1.807) is 19.9 Å². The van der Waals surface area contributed by atoms with Crippen molar-refractivity contribution in [1.82, 2.24) is 4.98 Å². The van der Waals surface area contributed by atoms with E-state index in [0.717, 1.165) is 11.3 Å². The minimum atomic E-state index is -0.550. The first-order valence-corrected chi connectivity index (χ1v) is 8.56. The lowest BCUT2D eigenvalue weighted by atomic mass is 10.2. The third-order valence-electron chi connectivity index (χ3n) is 3.30. The van der Waals surface area contributed by atoms with Crippen molar-refractivity contribution in [2.24, 2.45) is 5.10 Å². The molecule has 0 aliphatic carbocycles. The summed E-state index contributed by atoms with van der Waals surface area (Å²) in [7, 11) is 2.69. The SMILES string of the molecule is CCOc1c(OC)cc(/C=N\Nc2nc(C)c(C(=O)OC)s2)cc1[N+](=O)[O-]. The summed E-state index contributed by atoms with van der Waals surface area (Å²) in [4.78, 5) is 26.9. The van der Waals surface area contributed by atoms with Crippen LogP contribution < -0.4 is 14.9 Å². The minimum Gasteiger partial charge on any atom is -0.493 e. The van der Waals surface area contributed by atoms with Crippen molar-refractivity contribution in [3.05, 3.63) is 38.4 Å². The van der Waals surface area contributed by atoms with E-state index in [4.69, 9.17) is 9.47 Å². The van der Waals surface area contributed by atoms with E-state index in [2.05, 4.69) is 20.2 Å². The zero-order valence-electron chi connectivity index (χ0n) is 15.1. The molecule has 0 aliphatic heterocycles. The van der Waals surface area contributed by atoms with Crippen molar-refractivity contribution in [2.75, 3.05) is 26.3 Å². The summed E-state index contributed by atoms with van der Waals surface area (Å²) in [5.41, 5.74) is 3.40. The summed E-state index contributed by atoms with van der Waals surface area (Å²) >= 11 is 1.09. The zero-order chi connectivity index (χ0) is 20.0. The van der Waals surface area contributed by atoms with Gasteiger partial charge in [-0.3, -0.25) is 15.5 Å². The van der Waals surface area contributed by atoms with E-state index in [-0.39, 0.29) is 23.8 Å². The minimum absolute atomic E-state index is 0.0633. The Morgan fingerprint density at radius 1 is 1.44 bits per heavy atom. The number of rotatable bonds is 8. The van der Waals surface area contributed by atoms with Crippen LogP contribution in [0.4, 0.5) is 10.8 Å². The summed E-state index contributed by atoms with van der Waals surface area (Å²) in [6.07, 6.45) is 1.37. The Bertz CT molecular complexity index is 880. The molecule has 0 saturated carbocycles. The maximum absolute atomic E-state index is 11.6. The number of nitro benzene ring substituents is 1. The molecule has 1 aromatic carbocycles. The molecule has 2 rings (SSSR count). The number of hydrogen-bond donors (Lipinski definition) is 1. The van der Waals surface area contributed by atoms with E-state index >= 15 is 0 Å². The van der Waals surface area contributed by atoms with Gasteiger partial charge in [0, 0.05) is 11.6 Å². The van der Waals surface area contributed by atoms with Crippen molar-refractivity contribution in [2.45, 2.75) is 13.8 Å². The van der Waals surface area contributed by atoms with Crippen molar-refractivity contribution < 1.29 is 23.9 Å². The molecule has 144 valence electrons. The second-order valence-electron chi connectivity index (χ2n) is 5.06. The number of ether oxygens (including phenoxy) is 3. The second-order valence-corrected chi connectivity index (χ2v) is 6.06. The van der Waals surface area contributed by atoms with Gasteiger partial charge in [0.1, 0.15) is 4.88 Å². The Hall–Kier alpha value is -3.21. The molecule has 10 nitrogen and oxygen atoms in total. The molecule has 0 spiro atoms. The van der Waals surface area contributed by atoms with Gasteiger partial charge in [-0.05, 0) is 19.9 Å². The molecule has 0 fully saturated rings. The van der Waals surface area contributed by atoms with Crippen LogP contribution in [0.25, 0.3) is 0 Å². The molecule has 0 amide bonds. The average molecular weight is 394 g/mol. The summed E-state index contributed by atoms with van der Waals surface area (Å²) in [6, 6.07) is 2.89. The summed E-state index contributed by atoms with van der Waals surface area (Å²) in [5, 5.41) is 15.7. The molecular weight excluding hydrogens is 376 g/mol. The fourth-order valence-corrected chi connectivity index (χ4v) is 2.98. The van der Waals surface area contributed by atoms with E-state index in [0.29, 0.717) is 21.3 Å². The standard InChI is InChI=1S/C16H18N4O6S/c1-5-26-13-11(20(22)23)6-10(7-12(13)24-3)8-17-19-16-18-9(2)14(27-16)15(21)25-4/h6-8H,5H2,1-4H3,(H,18,19)/b17-8-. The highest BCUT2D eigenvalue weighted by atomic mass is 32.1. The maximum Gasteiger partial charge on any atom is 0.350 e. The van der Waals surface area contributed by atoms with E-state index < -0.39 is 10.9 Å². The lowest BCUT2D eigenvalue weighted by Crippen LogP contribution is -2.02. The maximum atomic E-state index is 11.6. The topological polar surface area (TPSA) is 125 Å². The fraction of sp³-hybridized carbons (Fsp3) is 0.312. The Balaban J connectivity index is 2.25. The predicted octanol–water partition coefficient (Wildman–Crippen LogP) is 3.00. The van der Waals surface area contributed by atoms with E-state index in [1.165, 1.54) is 26.5 Å². The molecule has 0 radical (unpaired) electrons. The van der Waals surface area contributed by atoms with Gasteiger partial charge in [0.05, 0.1) is 37.7 Å². The molecule has 11 heteroatoms. The number of methoxy groups -OCH3 is 2. The zero-order valence-corrected chi connectivity index (χ0v) is 16.0. The van der Waals surface area contributed by atoms with Crippen LogP contribution in [0.3, 0.4) is 0 Å². The third-order valence-corrected chi connectivity index (χ3v) is 4.35. The van der Waals surface area contributed by atoms with Crippen LogP contribution in [0.2, 0.25) is 0 Å². The smallest absolute Gasteiger partial charge is 0.350 e. The number of hydrogen-bond acceptors (Lipinski definition) is 10. The molecule has 1 heterocycles. The molecule has 1 aromatic heterocycles. The van der Waals surface area contributed by atoms with Gasteiger partial charge in [-0.1, -0.05) is 11.3 Å². The first-order chi connectivity index (χ1) is 12.9. The molecule has 0 aliphatic rings. The number of benzene rings is 1. The van der Waals surface area contributed by atoms with E-state index in [9.17, 15) is 14.9 Å². The first-order valence-electron chi connectivity index (χ1n) is 7.75. The lowest BCUT2D eigenvalue weighted by Gasteiger charge is -2.10. The van der Waals surface area contributed by atoms with Gasteiger partial charge < -0.3 is 14.2 Å². The third kappa shape index (κ3) is 4.70. The Morgan fingerprint density at radius 3 is 2.78 bits per heavy atom. The van der Waals surface area contributed by atoms with E-state index in [1.807, 2.05) is 0 Å². The molecule has 1 N–H and O–H groups in total. The Morgan fingerprint density at radius 2 is 2.19 bits per heavy atom. The van der Waals surface area contributed by atoms with Crippen molar-refractivity contribution in [1.29, 1.82) is 0 Å². The first kappa shape index (κ1) is 20.1. The highest BCUT2D eigenvalue weighted by Gasteiger charge is 2.21. The number of aromatic nitrogens is 1. The molecular formula is C16H18N4O6S. The summed E-state index contributed by atoms with van der Waals surface area (Å²) in [6.45, 7) is 3.66. The molecule has 2 aromatic rings. The van der Waals surface area contributed by atoms with Crippen LogP contribution in [0.5, 0.6) is 11.5 Å². The number of carbonyl (C=O) groups is 1. The largest absolute Gasteiger partial charge is 0.493 e. The monoisotopic (exact) mass is 394 g/mol. The number of nitrogens with one attached hydrogen (secondary N) is 1. The van der Waals surface area contributed by atoms with Crippen LogP contribution in [-0.4, -0.2) is 42.9 Å². The quantitative estimate of drug-likeness (QED) is 0.313. The van der Waals surface area contributed by atoms with Crippen LogP contribution in [0, 0.1) is 17.0 Å². The van der Waals surface area contributed by atoms with Gasteiger partial charge in [-0.25, -0.2) is 9.78 Å². The number of nitro groups is 1. The van der Waals surface area contributed by atoms with Crippen LogP contribution in [0.15, 0.2) is 17.2 Å². The number of nitrogens with zero attached hydrogens (tertiary/aromatic N) is 3. The van der Waals surface area contributed by atoms with Gasteiger partial charge >= 0.3 is 11.7 Å². The Labute approximate surface area is 158 Å². The van der Waals surface area contributed by atoms with Gasteiger partial charge in [0.15, 0.2) is 5.75 Å². The second kappa shape index (κ2) is 8.94. The summed E-state index contributed by atoms with van der Waals surface area (Å²) < 4.78 is 15.2. The number of aryl methyl sites for hydroxylation is 1. The lowest BCUT2D eigenvalue weighted by molar-refractivity contribution is -0.385.